The molecular formula is C41H45N9O3Si. The van der Waals surface area contributed by atoms with Crippen molar-refractivity contribution >= 4 is 59.2 Å². The second kappa shape index (κ2) is 14.0. The van der Waals surface area contributed by atoms with Crippen molar-refractivity contribution in [2.24, 2.45) is 0 Å². The van der Waals surface area contributed by atoms with Crippen molar-refractivity contribution in [1.82, 2.24) is 29.9 Å². The Morgan fingerprint density at radius 1 is 0.852 bits per heavy atom. The second-order valence-corrected chi connectivity index (χ2v) is 20.5. The zero-order chi connectivity index (χ0) is 38.3. The third-order valence-corrected chi connectivity index (χ3v) is 14.0. The van der Waals surface area contributed by atoms with Gasteiger partial charge < -0.3 is 19.8 Å². The number of hydrogen-bond donors (Lipinski definition) is 4. The van der Waals surface area contributed by atoms with Gasteiger partial charge in [0.1, 0.15) is 17.3 Å². The van der Waals surface area contributed by atoms with Crippen LogP contribution >= 0.6 is 0 Å². The number of urea groups is 1. The molecule has 54 heavy (non-hydrogen) atoms. The number of benzene rings is 4. The largest absolute Gasteiger partial charge is 0.544 e. The summed E-state index contributed by atoms with van der Waals surface area (Å²) in [4.78, 5) is 22.6. The summed E-state index contributed by atoms with van der Waals surface area (Å²) < 4.78 is 14.5. The predicted molar refractivity (Wildman–Crippen MR) is 218 cm³/mol. The lowest BCUT2D eigenvalue weighted by Crippen LogP contribution is -2.43. The zero-order valence-corrected chi connectivity index (χ0v) is 32.8. The average molecular weight is 740 g/mol. The lowest BCUT2D eigenvalue weighted by Gasteiger charge is -2.36. The minimum atomic E-state index is -2.00. The third-order valence-electron chi connectivity index (χ3n) is 9.65. The molecule has 0 radical (unpaired) electrons. The summed E-state index contributed by atoms with van der Waals surface area (Å²) in [6.07, 6.45) is 3.40. The molecular weight excluding hydrogens is 695 g/mol. The van der Waals surface area contributed by atoms with E-state index < -0.39 is 14.3 Å². The minimum absolute atomic E-state index is 0.0784. The van der Waals surface area contributed by atoms with Gasteiger partial charge in [0.25, 0.3) is 0 Å². The summed E-state index contributed by atoms with van der Waals surface area (Å²) in [5, 5.41) is 23.9. The summed E-state index contributed by atoms with van der Waals surface area (Å²) in [6.45, 7) is 17.4. The van der Waals surface area contributed by atoms with Gasteiger partial charge in [-0.25, -0.2) is 14.5 Å². The van der Waals surface area contributed by atoms with Crippen LogP contribution < -0.4 is 25.1 Å². The lowest BCUT2D eigenvalue weighted by molar-refractivity contribution is 0.262. The molecule has 0 bridgehead atoms. The van der Waals surface area contributed by atoms with Crippen molar-refractivity contribution in [1.29, 1.82) is 0 Å². The van der Waals surface area contributed by atoms with Gasteiger partial charge in [-0.2, -0.15) is 15.2 Å². The van der Waals surface area contributed by atoms with Crippen LogP contribution in [0.25, 0.3) is 27.4 Å². The molecule has 0 fully saturated rings. The molecule has 0 unspecified atom stereocenters. The monoisotopic (exact) mass is 739 g/mol. The molecule has 0 saturated heterocycles. The highest BCUT2D eigenvalue weighted by Gasteiger charge is 2.39. The Bertz CT molecular complexity index is 2460. The lowest BCUT2D eigenvalue weighted by atomic mass is 9.92. The number of fused-ring (bicyclic) bond motifs is 2. The van der Waals surface area contributed by atoms with Crippen LogP contribution in [0.4, 0.5) is 27.9 Å². The SMILES string of the molecule is CC(C)(C)c1cc(NC(=O)Nc2ccc(Oc3ccnc(Nc4ccc5[nH]ncc5c4)n3)c3ccccc23)n(-c2ccc(O[Si](C)(C)C(C)(C)C)cc2)n1. The maximum Gasteiger partial charge on any atom is 0.324 e. The van der Waals surface area contributed by atoms with E-state index in [0.29, 0.717) is 29.1 Å². The number of ether oxygens (including phenoxy) is 1. The van der Waals surface area contributed by atoms with E-state index >= 15 is 0 Å². The van der Waals surface area contributed by atoms with Crippen molar-refractivity contribution in [3.63, 3.8) is 0 Å². The first-order chi connectivity index (χ1) is 25.6. The van der Waals surface area contributed by atoms with E-state index in [4.69, 9.17) is 14.3 Å². The van der Waals surface area contributed by atoms with Gasteiger partial charge in [0.2, 0.25) is 20.1 Å². The quantitative estimate of drug-likeness (QED) is 0.107. The molecule has 12 nitrogen and oxygen atoms in total. The highest BCUT2D eigenvalue weighted by atomic mass is 28.4. The van der Waals surface area contributed by atoms with E-state index in [2.05, 4.69) is 90.8 Å². The smallest absolute Gasteiger partial charge is 0.324 e. The number of hydrogen-bond acceptors (Lipinski definition) is 8. The Morgan fingerprint density at radius 2 is 1.61 bits per heavy atom. The highest BCUT2D eigenvalue weighted by molar-refractivity contribution is 6.74. The van der Waals surface area contributed by atoms with Gasteiger partial charge in [0.05, 0.1) is 28.8 Å². The van der Waals surface area contributed by atoms with Gasteiger partial charge in [0, 0.05) is 45.6 Å². The van der Waals surface area contributed by atoms with E-state index in [1.807, 2.05) is 84.9 Å². The van der Waals surface area contributed by atoms with Crippen LogP contribution in [0.2, 0.25) is 18.1 Å². The van der Waals surface area contributed by atoms with Crippen LogP contribution in [0, 0.1) is 0 Å². The first kappa shape index (κ1) is 36.2. The number of nitrogens with one attached hydrogen (secondary N) is 4. The zero-order valence-electron chi connectivity index (χ0n) is 31.8. The molecule has 0 saturated carbocycles. The summed E-state index contributed by atoms with van der Waals surface area (Å²) in [6, 6.07) is 28.2. The number of carbonyl (C=O) groups excluding carboxylic acids is 1. The molecule has 13 heteroatoms. The fourth-order valence-electron chi connectivity index (χ4n) is 5.60. The predicted octanol–water partition coefficient (Wildman–Crippen LogP) is 10.6. The third kappa shape index (κ3) is 7.76. The van der Waals surface area contributed by atoms with Crippen molar-refractivity contribution in [2.75, 3.05) is 16.0 Å². The normalized spacial score (nSPS) is 12.1. The second-order valence-electron chi connectivity index (χ2n) is 15.8. The van der Waals surface area contributed by atoms with E-state index in [0.717, 1.165) is 44.5 Å². The molecule has 0 aliphatic carbocycles. The summed E-state index contributed by atoms with van der Waals surface area (Å²) in [7, 11) is -2.00. The maximum absolute atomic E-state index is 13.7. The first-order valence-corrected chi connectivity index (χ1v) is 20.7. The number of H-pyrrole nitrogens is 1. The summed E-state index contributed by atoms with van der Waals surface area (Å²) >= 11 is 0. The fraction of sp³-hybridized carbons (Fsp3) is 0.244. The molecule has 0 aliphatic heterocycles. The molecule has 7 rings (SSSR count). The Kier molecular flexibility index (Phi) is 9.36. The molecule has 3 aromatic heterocycles. The maximum atomic E-state index is 13.7. The Balaban J connectivity index is 1.09. The molecule has 7 aromatic rings. The van der Waals surface area contributed by atoms with E-state index in [9.17, 15) is 4.79 Å². The molecule has 0 spiro atoms. The van der Waals surface area contributed by atoms with Gasteiger partial charge >= 0.3 is 6.03 Å². The number of carbonyl (C=O) groups is 1. The number of anilines is 4. The van der Waals surface area contributed by atoms with Crippen LogP contribution in [0.5, 0.6) is 17.4 Å². The van der Waals surface area contributed by atoms with Crippen molar-refractivity contribution in [2.45, 2.75) is 65.1 Å². The number of nitrogens with zero attached hydrogens (tertiary/aromatic N) is 5. The number of rotatable bonds is 9. The van der Waals surface area contributed by atoms with Crippen LogP contribution in [0.3, 0.4) is 0 Å². The Hall–Kier alpha value is -6.21. The Labute approximate surface area is 315 Å². The van der Waals surface area contributed by atoms with E-state index in [1.54, 1.807) is 23.1 Å². The van der Waals surface area contributed by atoms with Gasteiger partial charge in [0.15, 0.2) is 0 Å². The van der Waals surface area contributed by atoms with Crippen molar-refractivity contribution in [3.8, 4) is 23.1 Å². The molecule has 0 aliphatic rings. The molecule has 3 heterocycles. The van der Waals surface area contributed by atoms with Crippen LogP contribution in [-0.4, -0.2) is 44.3 Å². The van der Waals surface area contributed by atoms with Crippen molar-refractivity contribution < 1.29 is 14.0 Å². The van der Waals surface area contributed by atoms with Crippen LogP contribution in [0.15, 0.2) is 103 Å². The number of amides is 2. The average Bonchev–Trinajstić information content (AvgIpc) is 3.77. The summed E-state index contributed by atoms with van der Waals surface area (Å²) in [5.74, 6) is 2.69. The highest BCUT2D eigenvalue weighted by Crippen LogP contribution is 2.38. The minimum Gasteiger partial charge on any atom is -0.544 e. The van der Waals surface area contributed by atoms with Crippen LogP contribution in [-0.2, 0) is 5.41 Å². The fourth-order valence-corrected chi connectivity index (χ4v) is 6.63. The van der Waals surface area contributed by atoms with E-state index in [1.165, 1.54) is 0 Å². The molecule has 4 N–H and O–H groups in total. The van der Waals surface area contributed by atoms with Gasteiger partial charge in [-0.1, -0.05) is 65.8 Å². The molecule has 2 amide bonds. The number of aromatic amines is 1. The van der Waals surface area contributed by atoms with Crippen molar-refractivity contribution in [3.05, 3.63) is 109 Å². The molecule has 4 aromatic carbocycles. The Morgan fingerprint density at radius 3 is 2.35 bits per heavy atom. The topological polar surface area (TPSA) is 144 Å². The first-order valence-electron chi connectivity index (χ1n) is 17.8. The van der Waals surface area contributed by atoms with Gasteiger partial charge in [-0.05, 0) is 72.7 Å². The molecule has 276 valence electrons. The van der Waals surface area contributed by atoms with Gasteiger partial charge in [-0.15, -0.1) is 0 Å². The van der Waals surface area contributed by atoms with Crippen LogP contribution in [0.1, 0.15) is 47.2 Å². The number of aromatic nitrogens is 6. The summed E-state index contributed by atoms with van der Waals surface area (Å²) in [5.41, 5.74) is 3.78. The van der Waals surface area contributed by atoms with Gasteiger partial charge in [-0.3, -0.25) is 10.4 Å². The molecule has 0 atom stereocenters. The van der Waals surface area contributed by atoms with E-state index in [-0.39, 0.29) is 10.5 Å². The standard InChI is InChI=1S/C41H45N9O3Si/c1-40(2,3)35-24-36(50(49-35)28-14-16-29(17-15-28)53-54(7,8)41(4,5)6)46-39(51)45-33-19-20-34(31-12-10-9-11-30(31)33)52-37-21-22-42-38(47-37)44-27-13-18-32-26(23-27)25-43-48-32/h9-25H,1-8H3,(H,43,48)(H,42,44,47)(H2,45,46,51).